The maximum Gasteiger partial charge on any atom is 0.302 e. The summed E-state index contributed by atoms with van der Waals surface area (Å²) in [6.45, 7) is 15.2. The lowest BCUT2D eigenvalue weighted by Gasteiger charge is -2.24. The first-order valence-electron chi connectivity index (χ1n) is 11.5. The number of carbonyl (C=O) groups excluding carboxylic acids is 1. The Morgan fingerprint density at radius 1 is 0.774 bits per heavy atom. The fourth-order valence-electron chi connectivity index (χ4n) is 3.92. The molecule has 2 aromatic rings. The van der Waals surface area contributed by atoms with Crippen LogP contribution >= 0.6 is 0 Å². The van der Waals surface area contributed by atoms with Gasteiger partial charge in [0.1, 0.15) is 19.0 Å². The summed E-state index contributed by atoms with van der Waals surface area (Å²) < 4.78 is 10.9. The lowest BCUT2D eigenvalue weighted by atomic mass is 9.82. The number of aryl methyl sites for hydroxylation is 1. The van der Waals surface area contributed by atoms with Crippen LogP contribution in [-0.2, 0) is 29.2 Å². The predicted octanol–water partition coefficient (Wildman–Crippen LogP) is 7.53. The molecule has 0 bridgehead atoms. The van der Waals surface area contributed by atoms with E-state index in [1.807, 2.05) is 24.3 Å². The van der Waals surface area contributed by atoms with Crippen molar-refractivity contribution in [2.45, 2.75) is 73.0 Å². The summed E-state index contributed by atoms with van der Waals surface area (Å²) in [6.07, 6.45) is 6.28. The maximum atomic E-state index is 10.9. The van der Waals surface area contributed by atoms with E-state index in [9.17, 15) is 4.79 Å². The molecule has 0 N–H and O–H groups in total. The van der Waals surface area contributed by atoms with E-state index < -0.39 is 0 Å². The summed E-state index contributed by atoms with van der Waals surface area (Å²) in [5, 5.41) is 0. The minimum absolute atomic E-state index is 0.269. The van der Waals surface area contributed by atoms with Gasteiger partial charge in [-0.15, -0.1) is 13.2 Å². The van der Waals surface area contributed by atoms with Crippen molar-refractivity contribution >= 4 is 5.97 Å². The molecule has 0 aliphatic carbocycles. The van der Waals surface area contributed by atoms with Gasteiger partial charge in [0, 0.05) is 6.92 Å². The summed E-state index contributed by atoms with van der Waals surface area (Å²) >= 11 is 0. The Kier molecular flexibility index (Phi) is 13.1. The molecule has 2 rings (SSSR count). The van der Waals surface area contributed by atoms with Gasteiger partial charge >= 0.3 is 5.97 Å². The van der Waals surface area contributed by atoms with Crippen molar-refractivity contribution in [2.24, 2.45) is 11.8 Å². The minimum Gasteiger partial charge on any atom is -0.489 e. The SMILES string of the molecule is C=C.CCC(CC)[C@H](CC)CCc1ccc(COc2ccc(COC(C)=O)cc2)cc1. The van der Waals surface area contributed by atoms with Crippen molar-refractivity contribution in [1.29, 1.82) is 0 Å². The van der Waals surface area contributed by atoms with Crippen LogP contribution in [0.5, 0.6) is 5.75 Å². The average molecular weight is 425 g/mol. The molecule has 170 valence electrons. The third-order valence-corrected chi connectivity index (χ3v) is 5.84. The van der Waals surface area contributed by atoms with Gasteiger partial charge in [-0.1, -0.05) is 76.4 Å². The van der Waals surface area contributed by atoms with E-state index in [0.717, 1.165) is 29.6 Å². The Bertz CT molecular complexity index is 730. The number of esters is 1. The highest BCUT2D eigenvalue weighted by Gasteiger charge is 2.16. The monoisotopic (exact) mass is 424 g/mol. The van der Waals surface area contributed by atoms with Crippen LogP contribution in [0.2, 0.25) is 0 Å². The van der Waals surface area contributed by atoms with E-state index in [1.54, 1.807) is 0 Å². The van der Waals surface area contributed by atoms with E-state index in [-0.39, 0.29) is 5.97 Å². The minimum atomic E-state index is -0.269. The largest absolute Gasteiger partial charge is 0.489 e. The molecule has 3 nitrogen and oxygen atoms in total. The standard InChI is InChI=1S/C26H36O3.C2H4/c1-5-24(6-2)25(7-3)15-12-21-8-10-22(11-9-21)19-29-26-16-13-23(14-17-26)18-28-20(4)27;1-2/h8-11,13-14,16-17,24-25H,5-7,12,15,18-19H2,1-4H3;1-2H2/t25-;/m1./s1. The summed E-state index contributed by atoms with van der Waals surface area (Å²) in [5.41, 5.74) is 3.54. The van der Waals surface area contributed by atoms with Gasteiger partial charge < -0.3 is 9.47 Å². The van der Waals surface area contributed by atoms with Gasteiger partial charge in [-0.05, 0) is 53.5 Å². The molecule has 0 fully saturated rings. The molecule has 0 aliphatic rings. The molecule has 2 aromatic carbocycles. The van der Waals surface area contributed by atoms with E-state index in [4.69, 9.17) is 9.47 Å². The molecule has 0 amide bonds. The quantitative estimate of drug-likeness (QED) is 0.261. The van der Waals surface area contributed by atoms with Crippen LogP contribution in [0.1, 0.15) is 70.1 Å². The van der Waals surface area contributed by atoms with Crippen molar-refractivity contribution in [3.8, 4) is 5.75 Å². The number of rotatable bonds is 12. The second kappa shape index (κ2) is 15.3. The first-order valence-corrected chi connectivity index (χ1v) is 11.5. The lowest BCUT2D eigenvalue weighted by Crippen LogP contribution is -2.13. The second-order valence-corrected chi connectivity index (χ2v) is 7.81. The fourth-order valence-corrected chi connectivity index (χ4v) is 3.92. The number of ether oxygens (including phenoxy) is 2. The van der Waals surface area contributed by atoms with Crippen LogP contribution in [0.25, 0.3) is 0 Å². The molecule has 0 unspecified atom stereocenters. The molecule has 0 radical (unpaired) electrons. The van der Waals surface area contributed by atoms with E-state index >= 15 is 0 Å². The van der Waals surface area contributed by atoms with E-state index in [1.165, 1.54) is 43.7 Å². The van der Waals surface area contributed by atoms with Gasteiger partial charge in [0.05, 0.1) is 0 Å². The number of carbonyl (C=O) groups is 1. The molecule has 0 saturated heterocycles. The molecule has 31 heavy (non-hydrogen) atoms. The first-order chi connectivity index (χ1) is 15.0. The molecular weight excluding hydrogens is 384 g/mol. The molecule has 0 saturated carbocycles. The van der Waals surface area contributed by atoms with Crippen molar-refractivity contribution in [3.63, 3.8) is 0 Å². The van der Waals surface area contributed by atoms with Crippen molar-refractivity contribution in [1.82, 2.24) is 0 Å². The second-order valence-electron chi connectivity index (χ2n) is 7.81. The zero-order valence-electron chi connectivity index (χ0n) is 19.9. The van der Waals surface area contributed by atoms with Crippen LogP contribution in [0, 0.1) is 11.8 Å². The molecule has 3 heteroatoms. The number of hydrogen-bond donors (Lipinski definition) is 0. The lowest BCUT2D eigenvalue weighted by molar-refractivity contribution is -0.142. The molecular formula is C28H40O3. The zero-order valence-corrected chi connectivity index (χ0v) is 19.9. The topological polar surface area (TPSA) is 35.5 Å². The summed E-state index contributed by atoms with van der Waals surface area (Å²) in [5.74, 6) is 2.23. The van der Waals surface area contributed by atoms with Crippen LogP contribution in [0.15, 0.2) is 61.7 Å². The molecule has 0 aliphatic heterocycles. The van der Waals surface area contributed by atoms with Gasteiger partial charge in [-0.3, -0.25) is 4.79 Å². The van der Waals surface area contributed by atoms with Crippen LogP contribution in [0.3, 0.4) is 0 Å². The van der Waals surface area contributed by atoms with Gasteiger partial charge in [-0.2, -0.15) is 0 Å². The molecule has 0 aromatic heterocycles. The Balaban J connectivity index is 0.00000233. The maximum absolute atomic E-state index is 10.9. The summed E-state index contributed by atoms with van der Waals surface area (Å²) in [4.78, 5) is 10.9. The number of hydrogen-bond acceptors (Lipinski definition) is 3. The van der Waals surface area contributed by atoms with Gasteiger partial charge in [-0.25, -0.2) is 0 Å². The fraction of sp³-hybridized carbons (Fsp3) is 0.464. The highest BCUT2D eigenvalue weighted by molar-refractivity contribution is 5.65. The Labute approximate surface area is 189 Å². The third kappa shape index (κ3) is 9.87. The summed E-state index contributed by atoms with van der Waals surface area (Å²) in [6, 6.07) is 16.5. The van der Waals surface area contributed by atoms with Crippen molar-refractivity contribution in [3.05, 3.63) is 78.4 Å². The van der Waals surface area contributed by atoms with Crippen molar-refractivity contribution in [2.75, 3.05) is 0 Å². The highest BCUT2D eigenvalue weighted by atomic mass is 16.5. The Hall–Kier alpha value is -2.55. The smallest absolute Gasteiger partial charge is 0.302 e. The first kappa shape index (κ1) is 26.5. The van der Waals surface area contributed by atoms with Crippen LogP contribution in [-0.4, -0.2) is 5.97 Å². The van der Waals surface area contributed by atoms with Crippen molar-refractivity contribution < 1.29 is 14.3 Å². The van der Waals surface area contributed by atoms with Gasteiger partial charge in [0.2, 0.25) is 0 Å². The van der Waals surface area contributed by atoms with Crippen LogP contribution in [0.4, 0.5) is 0 Å². The third-order valence-electron chi connectivity index (χ3n) is 5.84. The molecule has 0 heterocycles. The van der Waals surface area contributed by atoms with E-state index in [2.05, 4.69) is 58.2 Å². The van der Waals surface area contributed by atoms with Crippen LogP contribution < -0.4 is 4.74 Å². The zero-order chi connectivity index (χ0) is 23.1. The highest BCUT2D eigenvalue weighted by Crippen LogP contribution is 2.27. The number of benzene rings is 2. The Morgan fingerprint density at radius 2 is 1.26 bits per heavy atom. The average Bonchev–Trinajstić information content (AvgIpc) is 2.81. The Morgan fingerprint density at radius 3 is 1.77 bits per heavy atom. The van der Waals surface area contributed by atoms with Gasteiger partial charge in [0.15, 0.2) is 0 Å². The van der Waals surface area contributed by atoms with E-state index in [0.29, 0.717) is 13.2 Å². The normalized spacial score (nSPS) is 11.4. The summed E-state index contributed by atoms with van der Waals surface area (Å²) in [7, 11) is 0. The van der Waals surface area contributed by atoms with Gasteiger partial charge in [0.25, 0.3) is 0 Å². The molecule has 1 atom stereocenters. The predicted molar refractivity (Wildman–Crippen MR) is 130 cm³/mol. The molecule has 0 spiro atoms.